The number of amides is 1. The van der Waals surface area contributed by atoms with Crippen LogP contribution in [0.3, 0.4) is 0 Å². The molecule has 0 atom stereocenters. The van der Waals surface area contributed by atoms with E-state index < -0.39 is 0 Å². The van der Waals surface area contributed by atoms with Crippen molar-refractivity contribution in [2.45, 2.75) is 64.7 Å². The number of carbonyl (C=O) groups is 1. The summed E-state index contributed by atoms with van der Waals surface area (Å²) in [5.74, 6) is 0.171. The average molecular weight is 225 g/mol. The topological polar surface area (TPSA) is 29.1 Å². The molecule has 0 rings (SSSR count). The summed E-state index contributed by atoms with van der Waals surface area (Å²) >= 11 is 0. The van der Waals surface area contributed by atoms with Gasteiger partial charge in [-0.1, -0.05) is 45.1 Å². The Balaban J connectivity index is 2.98. The van der Waals surface area contributed by atoms with E-state index in [4.69, 9.17) is 0 Å². The fourth-order valence-corrected chi connectivity index (χ4v) is 1.65. The Labute approximate surface area is 101 Å². The van der Waals surface area contributed by atoms with Crippen molar-refractivity contribution in [2.75, 3.05) is 6.54 Å². The van der Waals surface area contributed by atoms with Gasteiger partial charge < -0.3 is 5.32 Å². The second kappa shape index (κ2) is 12.3. The molecule has 0 aliphatic rings. The molecule has 0 aromatic heterocycles. The first-order chi connectivity index (χ1) is 7.81. The van der Waals surface area contributed by atoms with E-state index >= 15 is 0 Å². The first kappa shape index (κ1) is 15.2. The summed E-state index contributed by atoms with van der Waals surface area (Å²) in [6.07, 6.45) is 12.7. The number of carbonyl (C=O) groups excluding carboxylic acids is 1. The van der Waals surface area contributed by atoms with E-state index in [2.05, 4.69) is 11.9 Å². The van der Waals surface area contributed by atoms with Crippen molar-refractivity contribution in [3.05, 3.63) is 12.7 Å². The van der Waals surface area contributed by atoms with Gasteiger partial charge in [0.1, 0.15) is 0 Å². The Morgan fingerprint density at radius 3 is 2.19 bits per heavy atom. The van der Waals surface area contributed by atoms with Crippen molar-refractivity contribution in [1.82, 2.24) is 5.32 Å². The number of hydrogen-bond donors (Lipinski definition) is 1. The van der Waals surface area contributed by atoms with E-state index in [0.29, 0.717) is 6.42 Å². The highest BCUT2D eigenvalue weighted by Crippen LogP contribution is 2.08. The van der Waals surface area contributed by atoms with Crippen LogP contribution in [0.1, 0.15) is 64.7 Å². The highest BCUT2D eigenvalue weighted by Gasteiger charge is 1.95. The SMILES string of the molecule is C=CCCCCCCCCCNC(=O)CC. The molecule has 1 amide bonds. The van der Waals surface area contributed by atoms with E-state index in [1.54, 1.807) is 0 Å². The van der Waals surface area contributed by atoms with Crippen LogP contribution in [0.15, 0.2) is 12.7 Å². The van der Waals surface area contributed by atoms with Crippen molar-refractivity contribution in [3.63, 3.8) is 0 Å². The summed E-state index contributed by atoms with van der Waals surface area (Å²) in [7, 11) is 0. The van der Waals surface area contributed by atoms with Gasteiger partial charge in [0.05, 0.1) is 0 Å². The molecule has 94 valence electrons. The molecule has 0 aromatic rings. The van der Waals surface area contributed by atoms with Crippen molar-refractivity contribution in [1.29, 1.82) is 0 Å². The molecule has 0 aliphatic heterocycles. The largest absolute Gasteiger partial charge is 0.356 e. The Hall–Kier alpha value is -0.790. The third-order valence-corrected chi connectivity index (χ3v) is 2.73. The standard InChI is InChI=1S/C14H27NO/c1-3-5-6-7-8-9-10-11-12-13-15-14(16)4-2/h3H,1,4-13H2,2H3,(H,15,16). The molecule has 2 nitrogen and oxygen atoms in total. The molecule has 0 saturated heterocycles. The van der Waals surface area contributed by atoms with Gasteiger partial charge >= 0.3 is 0 Å². The third kappa shape index (κ3) is 11.3. The van der Waals surface area contributed by atoms with E-state index in [1.165, 1.54) is 38.5 Å². The maximum Gasteiger partial charge on any atom is 0.219 e. The smallest absolute Gasteiger partial charge is 0.219 e. The lowest BCUT2D eigenvalue weighted by Crippen LogP contribution is -2.23. The molecule has 1 N–H and O–H groups in total. The Morgan fingerprint density at radius 2 is 1.62 bits per heavy atom. The monoisotopic (exact) mass is 225 g/mol. The van der Waals surface area contributed by atoms with Crippen molar-refractivity contribution < 1.29 is 4.79 Å². The van der Waals surface area contributed by atoms with Gasteiger partial charge in [-0.3, -0.25) is 4.79 Å². The lowest BCUT2D eigenvalue weighted by Gasteiger charge is -2.03. The molecule has 0 radical (unpaired) electrons. The minimum Gasteiger partial charge on any atom is -0.356 e. The summed E-state index contributed by atoms with van der Waals surface area (Å²) in [6, 6.07) is 0. The molecule has 16 heavy (non-hydrogen) atoms. The van der Waals surface area contributed by atoms with Gasteiger partial charge in [0.25, 0.3) is 0 Å². The van der Waals surface area contributed by atoms with Crippen LogP contribution < -0.4 is 5.32 Å². The zero-order valence-corrected chi connectivity index (χ0v) is 10.8. The Bertz CT molecular complexity index is 178. The first-order valence-corrected chi connectivity index (χ1v) is 6.68. The third-order valence-electron chi connectivity index (χ3n) is 2.73. The number of nitrogens with one attached hydrogen (secondary N) is 1. The molecule has 0 aliphatic carbocycles. The molecular weight excluding hydrogens is 198 g/mol. The summed E-state index contributed by atoms with van der Waals surface area (Å²) in [5, 5.41) is 2.90. The zero-order chi connectivity index (χ0) is 12.1. The molecule has 2 heteroatoms. The van der Waals surface area contributed by atoms with Crippen LogP contribution in [0.25, 0.3) is 0 Å². The maximum atomic E-state index is 10.9. The van der Waals surface area contributed by atoms with Gasteiger partial charge in [-0.05, 0) is 19.3 Å². The maximum absolute atomic E-state index is 10.9. The Kier molecular flexibility index (Phi) is 11.7. The van der Waals surface area contributed by atoms with Crippen LogP contribution in [0.5, 0.6) is 0 Å². The summed E-state index contributed by atoms with van der Waals surface area (Å²) in [6.45, 7) is 6.45. The van der Waals surface area contributed by atoms with Crippen LogP contribution in [-0.2, 0) is 4.79 Å². The van der Waals surface area contributed by atoms with Gasteiger partial charge in [0.15, 0.2) is 0 Å². The second-order valence-electron chi connectivity index (χ2n) is 4.26. The minimum atomic E-state index is 0.171. The van der Waals surface area contributed by atoms with Gasteiger partial charge in [-0.15, -0.1) is 6.58 Å². The van der Waals surface area contributed by atoms with E-state index in [0.717, 1.165) is 19.4 Å². The molecule has 0 unspecified atom stereocenters. The van der Waals surface area contributed by atoms with E-state index in [9.17, 15) is 4.79 Å². The minimum absolute atomic E-state index is 0.171. The van der Waals surface area contributed by atoms with Gasteiger partial charge in [-0.2, -0.15) is 0 Å². The number of allylic oxidation sites excluding steroid dienone is 1. The molecule has 0 saturated carbocycles. The zero-order valence-electron chi connectivity index (χ0n) is 10.8. The van der Waals surface area contributed by atoms with Crippen LogP contribution in [0.4, 0.5) is 0 Å². The fraction of sp³-hybridized carbons (Fsp3) is 0.786. The van der Waals surface area contributed by atoms with Gasteiger partial charge in [-0.25, -0.2) is 0 Å². The normalized spacial score (nSPS) is 10.1. The number of hydrogen-bond acceptors (Lipinski definition) is 1. The summed E-state index contributed by atoms with van der Waals surface area (Å²) < 4.78 is 0. The van der Waals surface area contributed by atoms with Crippen molar-refractivity contribution in [2.24, 2.45) is 0 Å². The molecule has 0 bridgehead atoms. The molecule has 0 fully saturated rings. The fourth-order valence-electron chi connectivity index (χ4n) is 1.65. The quantitative estimate of drug-likeness (QED) is 0.420. The summed E-state index contributed by atoms with van der Waals surface area (Å²) in [4.78, 5) is 10.9. The van der Waals surface area contributed by atoms with E-state index in [-0.39, 0.29) is 5.91 Å². The van der Waals surface area contributed by atoms with E-state index in [1.807, 2.05) is 13.0 Å². The predicted molar refractivity (Wildman–Crippen MR) is 70.4 cm³/mol. The first-order valence-electron chi connectivity index (χ1n) is 6.68. The van der Waals surface area contributed by atoms with Crippen LogP contribution in [-0.4, -0.2) is 12.5 Å². The van der Waals surface area contributed by atoms with Gasteiger partial charge in [0.2, 0.25) is 5.91 Å². The van der Waals surface area contributed by atoms with Crippen molar-refractivity contribution >= 4 is 5.91 Å². The lowest BCUT2D eigenvalue weighted by atomic mass is 10.1. The molecular formula is C14H27NO. The summed E-state index contributed by atoms with van der Waals surface area (Å²) in [5.41, 5.74) is 0. The Morgan fingerprint density at radius 1 is 1.06 bits per heavy atom. The molecule has 0 spiro atoms. The lowest BCUT2D eigenvalue weighted by molar-refractivity contribution is -0.120. The average Bonchev–Trinajstić information content (AvgIpc) is 2.31. The number of unbranched alkanes of at least 4 members (excludes halogenated alkanes) is 7. The van der Waals surface area contributed by atoms with Crippen LogP contribution >= 0.6 is 0 Å². The highest BCUT2D eigenvalue weighted by molar-refractivity contribution is 5.75. The van der Waals surface area contributed by atoms with Gasteiger partial charge in [0, 0.05) is 13.0 Å². The van der Waals surface area contributed by atoms with Crippen LogP contribution in [0, 0.1) is 0 Å². The second-order valence-corrected chi connectivity index (χ2v) is 4.26. The molecule has 0 heterocycles. The predicted octanol–water partition coefficient (Wildman–Crippen LogP) is 3.82. The molecule has 0 aromatic carbocycles. The highest BCUT2D eigenvalue weighted by atomic mass is 16.1. The van der Waals surface area contributed by atoms with Crippen LogP contribution in [0.2, 0.25) is 0 Å². The number of rotatable bonds is 11. The van der Waals surface area contributed by atoms with Crippen molar-refractivity contribution in [3.8, 4) is 0 Å².